The number of aromatic nitrogens is 2. The summed E-state index contributed by atoms with van der Waals surface area (Å²) in [5, 5.41) is 32.0. The van der Waals surface area contributed by atoms with Crippen molar-refractivity contribution in [3.63, 3.8) is 0 Å². The number of anilines is 1. The van der Waals surface area contributed by atoms with Crippen LogP contribution in [-0.2, 0) is 17.8 Å². The third kappa shape index (κ3) is 6.30. The molecule has 35 heavy (non-hydrogen) atoms. The van der Waals surface area contributed by atoms with E-state index in [1.54, 1.807) is 18.2 Å². The Balaban J connectivity index is 1.78. The summed E-state index contributed by atoms with van der Waals surface area (Å²) in [5.74, 6) is 0.545. The molecule has 180 valence electrons. The highest BCUT2D eigenvalue weighted by molar-refractivity contribution is 7.15. The van der Waals surface area contributed by atoms with Gasteiger partial charge in [0, 0.05) is 17.7 Å². The van der Waals surface area contributed by atoms with Crippen LogP contribution in [0.4, 0.5) is 10.8 Å². The van der Waals surface area contributed by atoms with Crippen molar-refractivity contribution < 1.29 is 23.9 Å². The lowest BCUT2D eigenvalue weighted by Gasteiger charge is -2.13. The van der Waals surface area contributed by atoms with Crippen molar-refractivity contribution in [3.8, 4) is 23.3 Å². The number of nitrogens with one attached hydrogen (secondary N) is 1. The lowest BCUT2D eigenvalue weighted by molar-refractivity contribution is -0.385. The SMILES string of the molecule is CCc1nnc(NC(=O)C(C#N)=Cc2ccc(OCc3cc([N+](=O)[O-])ccc3OC)c(OC)c2)s1. The van der Waals surface area contributed by atoms with Crippen LogP contribution in [-0.4, -0.2) is 35.2 Å². The molecular formula is C23H21N5O6S. The molecule has 12 heteroatoms. The maximum atomic E-state index is 12.5. The van der Waals surface area contributed by atoms with Crippen molar-refractivity contribution in [1.29, 1.82) is 5.26 Å². The van der Waals surface area contributed by atoms with E-state index in [-0.39, 0.29) is 17.9 Å². The van der Waals surface area contributed by atoms with E-state index < -0.39 is 10.8 Å². The van der Waals surface area contributed by atoms with Crippen LogP contribution in [0.3, 0.4) is 0 Å². The van der Waals surface area contributed by atoms with E-state index in [0.717, 1.165) is 5.01 Å². The molecule has 0 aliphatic heterocycles. The number of nitro benzene ring substituents is 1. The van der Waals surface area contributed by atoms with E-state index in [0.29, 0.717) is 39.9 Å². The summed E-state index contributed by atoms with van der Waals surface area (Å²) in [6, 6.07) is 11.0. The van der Waals surface area contributed by atoms with E-state index in [2.05, 4.69) is 15.5 Å². The Bertz CT molecular complexity index is 1310. The Morgan fingerprint density at radius 3 is 2.54 bits per heavy atom. The topological polar surface area (TPSA) is 150 Å². The highest BCUT2D eigenvalue weighted by Gasteiger charge is 2.15. The van der Waals surface area contributed by atoms with Crippen LogP contribution in [0.15, 0.2) is 42.0 Å². The van der Waals surface area contributed by atoms with Gasteiger partial charge >= 0.3 is 0 Å². The summed E-state index contributed by atoms with van der Waals surface area (Å²) in [7, 11) is 2.91. The Morgan fingerprint density at radius 2 is 1.91 bits per heavy atom. The number of aryl methyl sites for hydroxylation is 1. The normalized spacial score (nSPS) is 10.9. The largest absolute Gasteiger partial charge is 0.496 e. The van der Waals surface area contributed by atoms with Gasteiger partial charge in [0.2, 0.25) is 5.13 Å². The quantitative estimate of drug-likeness (QED) is 0.189. The number of hydrogen-bond donors (Lipinski definition) is 1. The molecule has 0 saturated carbocycles. The van der Waals surface area contributed by atoms with E-state index in [1.807, 2.05) is 13.0 Å². The number of methoxy groups -OCH3 is 2. The highest BCUT2D eigenvalue weighted by atomic mass is 32.1. The van der Waals surface area contributed by atoms with Gasteiger partial charge < -0.3 is 14.2 Å². The first-order valence-electron chi connectivity index (χ1n) is 10.3. The number of carbonyl (C=O) groups excluding carboxylic acids is 1. The van der Waals surface area contributed by atoms with Gasteiger partial charge in [-0.15, -0.1) is 10.2 Å². The second-order valence-electron chi connectivity index (χ2n) is 6.93. The maximum absolute atomic E-state index is 12.5. The van der Waals surface area contributed by atoms with Gasteiger partial charge in [-0.05, 0) is 36.3 Å². The molecule has 0 atom stereocenters. The van der Waals surface area contributed by atoms with Gasteiger partial charge in [0.05, 0.1) is 19.1 Å². The number of amides is 1. The summed E-state index contributed by atoms with van der Waals surface area (Å²) >= 11 is 1.24. The molecule has 0 unspecified atom stereocenters. The van der Waals surface area contributed by atoms with Crippen LogP contribution in [0, 0.1) is 21.4 Å². The molecule has 0 fully saturated rings. The molecule has 3 rings (SSSR count). The lowest BCUT2D eigenvalue weighted by Crippen LogP contribution is -2.13. The molecule has 2 aromatic carbocycles. The number of nitriles is 1. The van der Waals surface area contributed by atoms with Crippen LogP contribution >= 0.6 is 11.3 Å². The minimum absolute atomic E-state index is 0.0101. The molecule has 11 nitrogen and oxygen atoms in total. The van der Waals surface area contributed by atoms with Crippen molar-refractivity contribution in [2.75, 3.05) is 19.5 Å². The van der Waals surface area contributed by atoms with Crippen LogP contribution in [0.5, 0.6) is 17.2 Å². The number of non-ortho nitro benzene ring substituents is 1. The van der Waals surface area contributed by atoms with E-state index in [1.165, 1.54) is 49.8 Å². The molecular weight excluding hydrogens is 474 g/mol. The minimum Gasteiger partial charge on any atom is -0.496 e. The molecule has 0 aliphatic carbocycles. The predicted octanol–water partition coefficient (Wildman–Crippen LogP) is 4.15. The smallest absolute Gasteiger partial charge is 0.270 e. The fourth-order valence-corrected chi connectivity index (χ4v) is 3.64. The molecule has 3 aromatic rings. The van der Waals surface area contributed by atoms with Gasteiger partial charge in [0.1, 0.15) is 29.0 Å². The zero-order valence-electron chi connectivity index (χ0n) is 19.1. The van der Waals surface area contributed by atoms with Gasteiger partial charge in [0.25, 0.3) is 11.6 Å². The average Bonchev–Trinajstić information content (AvgIpc) is 3.33. The molecule has 0 saturated heterocycles. The third-order valence-corrected chi connectivity index (χ3v) is 5.69. The highest BCUT2D eigenvalue weighted by Crippen LogP contribution is 2.32. The van der Waals surface area contributed by atoms with Crippen molar-refractivity contribution in [1.82, 2.24) is 10.2 Å². The Kier molecular flexibility index (Phi) is 8.31. The van der Waals surface area contributed by atoms with Gasteiger partial charge in [-0.25, -0.2) is 0 Å². The van der Waals surface area contributed by atoms with Gasteiger partial charge in [-0.3, -0.25) is 20.2 Å². The predicted molar refractivity (Wildman–Crippen MR) is 128 cm³/mol. The molecule has 0 radical (unpaired) electrons. The van der Waals surface area contributed by atoms with Crippen molar-refractivity contribution in [3.05, 3.63) is 68.2 Å². The summed E-state index contributed by atoms with van der Waals surface area (Å²) in [6.45, 7) is 1.91. The molecule has 0 bridgehead atoms. The van der Waals surface area contributed by atoms with E-state index in [9.17, 15) is 20.2 Å². The van der Waals surface area contributed by atoms with Crippen LogP contribution in [0.1, 0.15) is 23.1 Å². The van der Waals surface area contributed by atoms with Crippen molar-refractivity contribution >= 4 is 34.1 Å². The first kappa shape index (κ1) is 25.1. The summed E-state index contributed by atoms with van der Waals surface area (Å²) in [5.41, 5.74) is 0.799. The fourth-order valence-electron chi connectivity index (χ4n) is 2.97. The van der Waals surface area contributed by atoms with Crippen LogP contribution < -0.4 is 19.5 Å². The summed E-state index contributed by atoms with van der Waals surface area (Å²) < 4.78 is 16.5. The standard InChI is InChI=1S/C23H21N5O6S/c1-4-21-26-27-23(35-21)25-22(29)15(12-24)9-14-5-7-19(20(10-14)33-3)34-13-16-11-17(28(30)31)6-8-18(16)32-2/h5-11H,4,13H2,1-3H3,(H,25,27,29). The Labute approximate surface area is 204 Å². The number of nitro groups is 1. The second kappa shape index (κ2) is 11.6. The molecule has 1 aromatic heterocycles. The number of rotatable bonds is 10. The fraction of sp³-hybridized carbons (Fsp3) is 0.217. The number of ether oxygens (including phenoxy) is 3. The number of hydrogen-bond acceptors (Lipinski definition) is 10. The monoisotopic (exact) mass is 495 g/mol. The minimum atomic E-state index is -0.608. The summed E-state index contributed by atoms with van der Waals surface area (Å²) in [6.07, 6.45) is 2.10. The van der Waals surface area contributed by atoms with Crippen LogP contribution in [0.25, 0.3) is 6.08 Å². The summed E-state index contributed by atoms with van der Waals surface area (Å²) in [4.78, 5) is 23.1. The lowest BCUT2D eigenvalue weighted by atomic mass is 10.1. The van der Waals surface area contributed by atoms with Crippen molar-refractivity contribution in [2.24, 2.45) is 0 Å². The van der Waals surface area contributed by atoms with E-state index in [4.69, 9.17) is 14.2 Å². The first-order valence-corrected chi connectivity index (χ1v) is 11.1. The molecule has 1 amide bonds. The maximum Gasteiger partial charge on any atom is 0.270 e. The van der Waals surface area contributed by atoms with Gasteiger partial charge in [-0.2, -0.15) is 5.26 Å². The zero-order chi connectivity index (χ0) is 25.4. The van der Waals surface area contributed by atoms with Crippen LogP contribution in [0.2, 0.25) is 0 Å². The molecule has 1 heterocycles. The number of benzene rings is 2. The molecule has 0 spiro atoms. The Hall–Kier alpha value is -4.50. The average molecular weight is 496 g/mol. The van der Waals surface area contributed by atoms with Gasteiger partial charge in [-0.1, -0.05) is 24.3 Å². The molecule has 0 aliphatic rings. The molecule has 1 N–H and O–H groups in total. The van der Waals surface area contributed by atoms with Gasteiger partial charge in [0.15, 0.2) is 11.5 Å². The number of nitrogens with zero attached hydrogens (tertiary/aromatic N) is 4. The number of carbonyl (C=O) groups is 1. The Morgan fingerprint density at radius 1 is 1.17 bits per heavy atom. The second-order valence-corrected chi connectivity index (χ2v) is 7.99. The first-order chi connectivity index (χ1) is 16.9. The zero-order valence-corrected chi connectivity index (χ0v) is 19.9. The van der Waals surface area contributed by atoms with Crippen molar-refractivity contribution in [2.45, 2.75) is 20.0 Å². The third-order valence-electron chi connectivity index (χ3n) is 4.71. The van der Waals surface area contributed by atoms with E-state index >= 15 is 0 Å².